The molecule has 0 fully saturated rings. The van der Waals surface area contributed by atoms with Crippen LogP contribution in [0, 0.1) is 6.92 Å². The van der Waals surface area contributed by atoms with Gasteiger partial charge in [-0.05, 0) is 27.2 Å². The van der Waals surface area contributed by atoms with Gasteiger partial charge >= 0.3 is 11.9 Å². The second-order valence-corrected chi connectivity index (χ2v) is 7.46. The average Bonchev–Trinajstić information content (AvgIpc) is 3.14. The number of aryl methyl sites for hydroxylation is 2. The first kappa shape index (κ1) is 22.5. The van der Waals surface area contributed by atoms with Gasteiger partial charge in [0.25, 0.3) is 0 Å². The minimum Gasteiger partial charge on any atom is -0.464 e. The van der Waals surface area contributed by atoms with Crippen LogP contribution in [0.15, 0.2) is 29.6 Å². The third kappa shape index (κ3) is 5.63. The summed E-state index contributed by atoms with van der Waals surface area (Å²) in [6.07, 6.45) is 0.291. The molecule has 1 N–H and O–H groups in total. The van der Waals surface area contributed by atoms with E-state index in [-0.39, 0.29) is 19.6 Å². The predicted octanol–water partition coefficient (Wildman–Crippen LogP) is 3.05. The first-order valence-corrected chi connectivity index (χ1v) is 10.3. The maximum atomic E-state index is 12.6. The van der Waals surface area contributed by atoms with Crippen LogP contribution in [0.2, 0.25) is 0 Å². The molecule has 0 atom stereocenters. The Kier molecular flexibility index (Phi) is 7.90. The molecule has 1 aromatic carbocycles. The minimum absolute atomic E-state index is 0.00883. The van der Waals surface area contributed by atoms with Crippen molar-refractivity contribution in [3.63, 3.8) is 0 Å². The van der Waals surface area contributed by atoms with E-state index in [2.05, 4.69) is 10.3 Å². The maximum Gasteiger partial charge on any atom is 0.343 e. The van der Waals surface area contributed by atoms with Crippen LogP contribution in [0.1, 0.15) is 37.8 Å². The second kappa shape index (κ2) is 10.2. The van der Waals surface area contributed by atoms with Crippen LogP contribution in [0.5, 0.6) is 0 Å². The van der Waals surface area contributed by atoms with Gasteiger partial charge in [0.05, 0.1) is 23.9 Å². The third-order valence-electron chi connectivity index (χ3n) is 4.25. The summed E-state index contributed by atoms with van der Waals surface area (Å²) in [6.45, 7) is 6.68. The fourth-order valence-electron chi connectivity index (χ4n) is 2.84. The lowest BCUT2D eigenvalue weighted by Gasteiger charge is -2.29. The number of hydrogen-bond donors (Lipinski definition) is 1. The molecule has 1 aromatic heterocycles. The lowest BCUT2D eigenvalue weighted by Crippen LogP contribution is -2.61. The molecule has 1 heterocycles. The first-order chi connectivity index (χ1) is 13.8. The Hall–Kier alpha value is -2.74. The third-order valence-corrected chi connectivity index (χ3v) is 5.16. The number of rotatable bonds is 9. The number of carbonyl (C=O) groups is 3. The summed E-state index contributed by atoms with van der Waals surface area (Å²) in [5.74, 6) is -2.18. The van der Waals surface area contributed by atoms with Gasteiger partial charge < -0.3 is 14.8 Å². The molecule has 0 aliphatic rings. The van der Waals surface area contributed by atoms with Crippen molar-refractivity contribution in [1.29, 1.82) is 0 Å². The molecular formula is C21H26N2O5S. The number of esters is 2. The van der Waals surface area contributed by atoms with E-state index in [4.69, 9.17) is 9.47 Å². The molecule has 0 aliphatic carbocycles. The van der Waals surface area contributed by atoms with Gasteiger partial charge in [-0.15, -0.1) is 11.3 Å². The molecule has 0 radical (unpaired) electrons. The van der Waals surface area contributed by atoms with Crippen LogP contribution in [-0.2, 0) is 30.3 Å². The second-order valence-electron chi connectivity index (χ2n) is 6.52. The number of thiazole rings is 1. The molecule has 156 valence electrons. The summed E-state index contributed by atoms with van der Waals surface area (Å²) in [6, 6.07) is 8.01. The highest BCUT2D eigenvalue weighted by atomic mass is 32.1. The predicted molar refractivity (Wildman–Crippen MR) is 110 cm³/mol. The largest absolute Gasteiger partial charge is 0.464 e. The van der Waals surface area contributed by atoms with Gasteiger partial charge in [0.1, 0.15) is 0 Å². The lowest BCUT2D eigenvalue weighted by molar-refractivity contribution is -0.168. The SMILES string of the molecule is CCOC(=O)C(CCc1nc(-c2ccc(C)cc2)cs1)(NC(C)=O)C(=O)OCC. The van der Waals surface area contributed by atoms with Crippen LogP contribution < -0.4 is 5.32 Å². The number of ether oxygens (including phenoxy) is 2. The lowest BCUT2D eigenvalue weighted by atomic mass is 9.93. The van der Waals surface area contributed by atoms with Crippen molar-refractivity contribution in [2.75, 3.05) is 13.2 Å². The van der Waals surface area contributed by atoms with Crippen LogP contribution in [0.3, 0.4) is 0 Å². The molecule has 0 saturated carbocycles. The van der Waals surface area contributed by atoms with Crippen molar-refractivity contribution in [1.82, 2.24) is 10.3 Å². The summed E-state index contributed by atoms with van der Waals surface area (Å²) in [5, 5.41) is 5.13. The molecule has 2 aromatic rings. The zero-order chi connectivity index (χ0) is 21.4. The van der Waals surface area contributed by atoms with Crippen LogP contribution in [0.25, 0.3) is 11.3 Å². The molecule has 0 bridgehead atoms. The van der Waals surface area contributed by atoms with Crippen LogP contribution >= 0.6 is 11.3 Å². The van der Waals surface area contributed by atoms with Crippen molar-refractivity contribution < 1.29 is 23.9 Å². The Balaban J connectivity index is 2.26. The van der Waals surface area contributed by atoms with E-state index in [1.807, 2.05) is 36.6 Å². The minimum atomic E-state index is -1.90. The van der Waals surface area contributed by atoms with Gasteiger partial charge in [0.2, 0.25) is 11.4 Å². The number of nitrogens with one attached hydrogen (secondary N) is 1. The molecule has 0 saturated heterocycles. The number of amides is 1. The number of nitrogens with zero attached hydrogens (tertiary/aromatic N) is 1. The van der Waals surface area contributed by atoms with Crippen LogP contribution in [0.4, 0.5) is 0 Å². The number of benzene rings is 1. The number of aromatic nitrogens is 1. The Morgan fingerprint density at radius 3 is 2.17 bits per heavy atom. The van der Waals surface area contributed by atoms with Crippen molar-refractivity contribution in [2.45, 2.75) is 46.1 Å². The zero-order valence-corrected chi connectivity index (χ0v) is 17.9. The number of carbonyl (C=O) groups excluding carboxylic acids is 3. The summed E-state index contributed by atoms with van der Waals surface area (Å²) in [5.41, 5.74) is 1.07. The molecule has 0 unspecified atom stereocenters. The highest BCUT2D eigenvalue weighted by Gasteiger charge is 2.49. The van der Waals surface area contributed by atoms with E-state index < -0.39 is 23.4 Å². The quantitative estimate of drug-likeness (QED) is 0.497. The fourth-order valence-corrected chi connectivity index (χ4v) is 3.65. The summed E-state index contributed by atoms with van der Waals surface area (Å²) < 4.78 is 10.2. The van der Waals surface area contributed by atoms with Gasteiger partial charge in [0.15, 0.2) is 0 Å². The maximum absolute atomic E-state index is 12.6. The molecule has 1 amide bonds. The van der Waals surface area contributed by atoms with E-state index in [9.17, 15) is 14.4 Å². The van der Waals surface area contributed by atoms with Gasteiger partial charge in [-0.25, -0.2) is 14.6 Å². The highest BCUT2D eigenvalue weighted by molar-refractivity contribution is 7.09. The van der Waals surface area contributed by atoms with Crippen molar-refractivity contribution in [3.8, 4) is 11.3 Å². The first-order valence-electron chi connectivity index (χ1n) is 9.47. The monoisotopic (exact) mass is 418 g/mol. The molecule has 0 aliphatic heterocycles. The van der Waals surface area contributed by atoms with E-state index in [1.165, 1.54) is 18.3 Å². The number of hydrogen-bond acceptors (Lipinski definition) is 7. The Morgan fingerprint density at radius 2 is 1.66 bits per heavy atom. The van der Waals surface area contributed by atoms with Gasteiger partial charge in [-0.1, -0.05) is 29.8 Å². The normalized spacial score (nSPS) is 11.0. The van der Waals surface area contributed by atoms with Crippen molar-refractivity contribution in [3.05, 3.63) is 40.2 Å². The van der Waals surface area contributed by atoms with Crippen LogP contribution in [-0.4, -0.2) is 41.6 Å². The van der Waals surface area contributed by atoms with Gasteiger partial charge in [0, 0.05) is 24.3 Å². The molecule has 0 spiro atoms. The van der Waals surface area contributed by atoms with Gasteiger partial charge in [-0.2, -0.15) is 0 Å². The van der Waals surface area contributed by atoms with E-state index in [1.54, 1.807) is 13.8 Å². The van der Waals surface area contributed by atoms with E-state index >= 15 is 0 Å². The van der Waals surface area contributed by atoms with E-state index in [0.717, 1.165) is 21.8 Å². The highest BCUT2D eigenvalue weighted by Crippen LogP contribution is 2.25. The van der Waals surface area contributed by atoms with Gasteiger partial charge in [-0.3, -0.25) is 4.79 Å². The average molecular weight is 419 g/mol. The fraction of sp³-hybridized carbons (Fsp3) is 0.429. The summed E-state index contributed by atoms with van der Waals surface area (Å²) in [4.78, 5) is 41.7. The van der Waals surface area contributed by atoms with Crippen molar-refractivity contribution >= 4 is 29.2 Å². The molecule has 29 heavy (non-hydrogen) atoms. The molecular weight excluding hydrogens is 392 g/mol. The zero-order valence-electron chi connectivity index (χ0n) is 17.1. The Bertz CT molecular complexity index is 842. The standard InChI is InChI=1S/C21H26N2O5S/c1-5-27-19(25)21(23-15(4)24,20(26)28-6-2)12-11-18-22-17(13-29-18)16-9-7-14(3)8-10-16/h7-10,13H,5-6,11-12H2,1-4H3,(H,23,24). The molecule has 8 heteroatoms. The molecule has 2 rings (SSSR count). The Labute approximate surface area is 174 Å². The summed E-state index contributed by atoms with van der Waals surface area (Å²) >= 11 is 1.43. The Morgan fingerprint density at radius 1 is 1.07 bits per heavy atom. The molecule has 7 nitrogen and oxygen atoms in total. The van der Waals surface area contributed by atoms with E-state index in [0.29, 0.717) is 6.42 Å². The van der Waals surface area contributed by atoms with Crippen molar-refractivity contribution in [2.24, 2.45) is 0 Å². The topological polar surface area (TPSA) is 94.6 Å². The summed E-state index contributed by atoms with van der Waals surface area (Å²) in [7, 11) is 0. The smallest absolute Gasteiger partial charge is 0.343 e.